The van der Waals surface area contributed by atoms with E-state index in [2.05, 4.69) is 20.3 Å². The van der Waals surface area contributed by atoms with E-state index in [1.807, 2.05) is 0 Å². The smallest absolute Gasteiger partial charge is 0.321 e. The summed E-state index contributed by atoms with van der Waals surface area (Å²) in [5.74, 6) is -2.25. The second kappa shape index (κ2) is 10.5. The van der Waals surface area contributed by atoms with Crippen molar-refractivity contribution in [3.8, 4) is 11.6 Å². The molecule has 0 fully saturated rings. The molecule has 3 N–H and O–H groups in total. The largest absolute Gasteiger partial charge is 0.480 e. The van der Waals surface area contributed by atoms with Crippen molar-refractivity contribution >= 4 is 29.3 Å². The summed E-state index contributed by atoms with van der Waals surface area (Å²) in [5, 5.41) is 16.5. The number of ether oxygens (including phenoxy) is 2. The van der Waals surface area contributed by atoms with Crippen LogP contribution in [0.4, 0.5) is 4.39 Å². The first-order valence-corrected chi connectivity index (χ1v) is 9.83. The molecule has 13 heteroatoms. The van der Waals surface area contributed by atoms with Gasteiger partial charge in [-0.1, -0.05) is 17.3 Å². The van der Waals surface area contributed by atoms with Gasteiger partial charge in [0.15, 0.2) is 12.3 Å². The standard InChI is InChI=1S/C18H18FN5O6S/c1-27-23-14(16-24-29-7-6-28-16)10-4-2-3-5-12(10)30-15-13(19)17(22-9-21-15)31-8-11(20)18(25)26/h2-5,9,11H,6-8,20H2,1H3,(H,25,26)/b23-14+/t11-/m0/s1. The average molecular weight is 451 g/mol. The Bertz CT molecular complexity index is 1010. The minimum atomic E-state index is -1.20. The second-order valence-corrected chi connectivity index (χ2v) is 6.86. The van der Waals surface area contributed by atoms with Gasteiger partial charge in [-0.15, -0.1) is 11.8 Å². The molecule has 1 aromatic heterocycles. The number of para-hydroxylation sites is 1. The molecular weight excluding hydrogens is 433 g/mol. The van der Waals surface area contributed by atoms with Crippen LogP contribution in [0.2, 0.25) is 0 Å². The van der Waals surface area contributed by atoms with Crippen LogP contribution in [0, 0.1) is 5.82 Å². The first-order chi connectivity index (χ1) is 15.0. The normalized spacial score (nSPS) is 14.7. The van der Waals surface area contributed by atoms with Gasteiger partial charge < -0.3 is 30.0 Å². The number of thioether (sulfide) groups is 1. The van der Waals surface area contributed by atoms with Crippen molar-refractivity contribution in [1.82, 2.24) is 9.97 Å². The summed E-state index contributed by atoms with van der Waals surface area (Å²) in [6.45, 7) is 0.560. The van der Waals surface area contributed by atoms with E-state index in [9.17, 15) is 9.18 Å². The highest BCUT2D eigenvalue weighted by molar-refractivity contribution is 7.99. The van der Waals surface area contributed by atoms with Gasteiger partial charge in [-0.3, -0.25) is 4.79 Å². The fraction of sp³-hybridized carbons (Fsp3) is 0.278. The van der Waals surface area contributed by atoms with Crippen LogP contribution in [0.25, 0.3) is 0 Å². The highest BCUT2D eigenvalue weighted by Gasteiger charge is 2.24. The summed E-state index contributed by atoms with van der Waals surface area (Å²) in [4.78, 5) is 28.4. The van der Waals surface area contributed by atoms with Gasteiger partial charge in [-0.2, -0.15) is 9.37 Å². The number of carboxylic acids is 1. The van der Waals surface area contributed by atoms with Crippen LogP contribution in [0.3, 0.4) is 0 Å². The topological polar surface area (TPSA) is 151 Å². The third-order valence-electron chi connectivity index (χ3n) is 3.74. The summed E-state index contributed by atoms with van der Waals surface area (Å²) in [7, 11) is 1.35. The van der Waals surface area contributed by atoms with Crippen molar-refractivity contribution in [3.63, 3.8) is 0 Å². The number of aliphatic carboxylic acids is 1. The van der Waals surface area contributed by atoms with Crippen LogP contribution in [-0.2, 0) is 19.2 Å². The first-order valence-electron chi connectivity index (χ1n) is 8.84. The maximum atomic E-state index is 14.9. The zero-order chi connectivity index (χ0) is 22.2. The van der Waals surface area contributed by atoms with E-state index in [0.717, 1.165) is 18.1 Å². The van der Waals surface area contributed by atoms with Crippen molar-refractivity contribution < 1.29 is 33.4 Å². The van der Waals surface area contributed by atoms with Crippen molar-refractivity contribution in [2.45, 2.75) is 11.1 Å². The van der Waals surface area contributed by atoms with Gasteiger partial charge in [0.05, 0.1) is 5.56 Å². The molecule has 0 aliphatic carbocycles. The summed E-state index contributed by atoms with van der Waals surface area (Å²) < 4.78 is 26.0. The zero-order valence-corrected chi connectivity index (χ0v) is 17.0. The Balaban J connectivity index is 1.89. The van der Waals surface area contributed by atoms with E-state index >= 15 is 0 Å². The van der Waals surface area contributed by atoms with Gasteiger partial charge in [0, 0.05) is 5.75 Å². The highest BCUT2D eigenvalue weighted by Crippen LogP contribution is 2.30. The zero-order valence-electron chi connectivity index (χ0n) is 16.2. The van der Waals surface area contributed by atoms with E-state index in [1.54, 1.807) is 24.3 Å². The molecule has 0 spiro atoms. The lowest BCUT2D eigenvalue weighted by atomic mass is 10.1. The number of halogens is 1. The number of rotatable bonds is 9. The minimum absolute atomic E-state index is 0.0752. The van der Waals surface area contributed by atoms with E-state index in [0.29, 0.717) is 12.2 Å². The summed E-state index contributed by atoms with van der Waals surface area (Å²) in [5.41, 5.74) is 6.01. The molecule has 1 aliphatic rings. The highest BCUT2D eigenvalue weighted by atomic mass is 32.2. The second-order valence-electron chi connectivity index (χ2n) is 5.85. The molecule has 11 nitrogen and oxygen atoms in total. The van der Waals surface area contributed by atoms with Crippen molar-refractivity contribution in [2.75, 3.05) is 26.1 Å². The predicted molar refractivity (Wildman–Crippen MR) is 108 cm³/mol. The lowest BCUT2D eigenvalue weighted by molar-refractivity contribution is -0.137. The fourth-order valence-corrected chi connectivity index (χ4v) is 3.13. The molecule has 0 saturated heterocycles. The Hall–Kier alpha value is -3.45. The van der Waals surface area contributed by atoms with Gasteiger partial charge in [0.25, 0.3) is 11.8 Å². The van der Waals surface area contributed by atoms with Gasteiger partial charge in [-0.05, 0) is 17.3 Å². The van der Waals surface area contributed by atoms with Crippen LogP contribution in [0.1, 0.15) is 5.56 Å². The van der Waals surface area contributed by atoms with Gasteiger partial charge in [0.2, 0.25) is 5.82 Å². The molecule has 1 atom stereocenters. The first kappa shape index (κ1) is 22.2. The Morgan fingerprint density at radius 2 is 2.19 bits per heavy atom. The molecule has 31 heavy (non-hydrogen) atoms. The Kier molecular flexibility index (Phi) is 7.56. The number of nitrogens with two attached hydrogens (primary N) is 1. The van der Waals surface area contributed by atoms with Crippen molar-refractivity contribution in [1.29, 1.82) is 0 Å². The third kappa shape index (κ3) is 5.58. The van der Waals surface area contributed by atoms with Gasteiger partial charge >= 0.3 is 5.97 Å². The quantitative estimate of drug-likeness (QED) is 0.249. The number of hydrogen-bond donors (Lipinski definition) is 2. The van der Waals surface area contributed by atoms with E-state index in [4.69, 9.17) is 30.0 Å². The van der Waals surface area contributed by atoms with Crippen molar-refractivity contribution in [2.24, 2.45) is 16.0 Å². The molecule has 3 rings (SSSR count). The molecule has 0 bridgehead atoms. The van der Waals surface area contributed by atoms with Gasteiger partial charge in [-0.25, -0.2) is 4.98 Å². The monoisotopic (exact) mass is 451 g/mol. The van der Waals surface area contributed by atoms with Gasteiger partial charge in [0.1, 0.15) is 36.9 Å². The number of carbonyl (C=O) groups is 1. The van der Waals surface area contributed by atoms with E-state index < -0.39 is 17.8 Å². The van der Waals surface area contributed by atoms with Crippen LogP contribution in [0.15, 0.2) is 45.9 Å². The van der Waals surface area contributed by atoms with Crippen LogP contribution < -0.4 is 10.5 Å². The molecule has 2 aromatic rings. The fourth-order valence-electron chi connectivity index (χ4n) is 2.32. The number of benzene rings is 1. The summed E-state index contributed by atoms with van der Waals surface area (Å²) in [6, 6.07) is 5.43. The van der Waals surface area contributed by atoms with E-state index in [1.165, 1.54) is 7.11 Å². The SMILES string of the molecule is CO/N=C(/C1=NOCCO1)c1ccccc1Oc1ncnc(SC[C@H](N)C(=O)O)c1F. The number of aromatic nitrogens is 2. The summed E-state index contributed by atoms with van der Waals surface area (Å²) in [6.07, 6.45) is 1.10. The molecule has 2 heterocycles. The molecule has 0 unspecified atom stereocenters. The van der Waals surface area contributed by atoms with Crippen LogP contribution in [-0.4, -0.2) is 64.8 Å². The number of carboxylic acid groups (broad SMARTS) is 1. The lowest BCUT2D eigenvalue weighted by Crippen LogP contribution is -2.32. The average Bonchev–Trinajstić information content (AvgIpc) is 2.79. The predicted octanol–water partition coefficient (Wildman–Crippen LogP) is 1.62. The number of hydrogen-bond acceptors (Lipinski definition) is 11. The Morgan fingerprint density at radius 3 is 2.90 bits per heavy atom. The number of nitrogens with zero attached hydrogens (tertiary/aromatic N) is 4. The maximum absolute atomic E-state index is 14.9. The van der Waals surface area contributed by atoms with Crippen molar-refractivity contribution in [3.05, 3.63) is 42.0 Å². The van der Waals surface area contributed by atoms with E-state index in [-0.39, 0.29) is 40.6 Å². The Labute approximate surface area is 180 Å². The molecular formula is C18H18FN5O6S. The lowest BCUT2D eigenvalue weighted by Gasteiger charge is -2.17. The number of oxime groups is 2. The maximum Gasteiger partial charge on any atom is 0.321 e. The van der Waals surface area contributed by atoms with Crippen LogP contribution in [0.5, 0.6) is 11.6 Å². The molecule has 0 radical (unpaired) electrons. The molecule has 0 amide bonds. The Morgan fingerprint density at radius 1 is 1.39 bits per heavy atom. The van der Waals surface area contributed by atoms with Crippen LogP contribution >= 0.6 is 11.8 Å². The summed E-state index contributed by atoms with van der Waals surface area (Å²) >= 11 is 0.838. The molecule has 164 valence electrons. The minimum Gasteiger partial charge on any atom is -0.480 e. The molecule has 1 aromatic carbocycles. The molecule has 1 aliphatic heterocycles. The third-order valence-corrected chi connectivity index (χ3v) is 4.82. The molecule has 0 saturated carbocycles.